The van der Waals surface area contributed by atoms with Crippen LogP contribution in [0.4, 0.5) is 19.0 Å². The second-order valence-electron chi connectivity index (χ2n) is 5.94. The molecule has 2 aliphatic rings. The van der Waals surface area contributed by atoms with Crippen LogP contribution < -0.4 is 4.90 Å². The van der Waals surface area contributed by atoms with E-state index in [1.54, 1.807) is 0 Å². The van der Waals surface area contributed by atoms with Crippen LogP contribution in [0.1, 0.15) is 42.5 Å². The number of nitrogens with zero attached hydrogens (tertiary/aromatic N) is 6. The molecule has 23 heavy (non-hydrogen) atoms. The average Bonchev–Trinajstić information content (AvgIpc) is 2.88. The average molecular weight is 324 g/mol. The maximum atomic E-state index is 12.9. The van der Waals surface area contributed by atoms with Crippen molar-refractivity contribution in [1.82, 2.24) is 24.7 Å². The minimum absolute atomic E-state index is 0.194. The Bertz CT molecular complexity index is 722. The van der Waals surface area contributed by atoms with Gasteiger partial charge in [-0.2, -0.15) is 13.2 Å². The molecule has 0 bridgehead atoms. The monoisotopic (exact) mass is 324 g/mol. The summed E-state index contributed by atoms with van der Waals surface area (Å²) in [6.07, 6.45) is 0.555. The van der Waals surface area contributed by atoms with E-state index in [1.165, 1.54) is 12.7 Å². The molecule has 1 fully saturated rings. The highest BCUT2D eigenvalue weighted by atomic mass is 19.4. The van der Waals surface area contributed by atoms with E-state index in [-0.39, 0.29) is 13.1 Å². The number of rotatable bonds is 2. The van der Waals surface area contributed by atoms with Crippen LogP contribution in [0.2, 0.25) is 0 Å². The minimum atomic E-state index is -4.47. The van der Waals surface area contributed by atoms with Gasteiger partial charge in [-0.15, -0.1) is 10.2 Å². The summed E-state index contributed by atoms with van der Waals surface area (Å²) in [5, 5.41) is 6.99. The third-order valence-corrected chi connectivity index (χ3v) is 4.53. The van der Waals surface area contributed by atoms with Gasteiger partial charge in [0, 0.05) is 30.8 Å². The van der Waals surface area contributed by atoms with Gasteiger partial charge in [-0.1, -0.05) is 6.42 Å². The summed E-state index contributed by atoms with van der Waals surface area (Å²) in [6.45, 7) is 0.902. The zero-order valence-corrected chi connectivity index (χ0v) is 12.3. The molecular weight excluding hydrogens is 309 g/mol. The Balaban J connectivity index is 1.58. The van der Waals surface area contributed by atoms with Gasteiger partial charge in [0.05, 0.1) is 6.54 Å². The zero-order chi connectivity index (χ0) is 16.0. The fourth-order valence-electron chi connectivity index (χ4n) is 3.02. The van der Waals surface area contributed by atoms with E-state index >= 15 is 0 Å². The summed E-state index contributed by atoms with van der Waals surface area (Å²) < 4.78 is 39.7. The summed E-state index contributed by atoms with van der Waals surface area (Å²) >= 11 is 0. The molecule has 1 aliphatic carbocycles. The van der Waals surface area contributed by atoms with Gasteiger partial charge < -0.3 is 9.47 Å². The maximum absolute atomic E-state index is 12.9. The van der Waals surface area contributed by atoms with E-state index in [0.717, 1.165) is 28.9 Å². The highest BCUT2D eigenvalue weighted by Crippen LogP contribution is 2.36. The number of aromatic nitrogens is 5. The van der Waals surface area contributed by atoms with Gasteiger partial charge in [0.25, 0.3) is 0 Å². The predicted molar refractivity (Wildman–Crippen MR) is 74.7 cm³/mol. The van der Waals surface area contributed by atoms with Crippen LogP contribution >= 0.6 is 0 Å². The Hall–Kier alpha value is -2.19. The number of anilines is 1. The van der Waals surface area contributed by atoms with Crippen LogP contribution in [0.15, 0.2) is 12.4 Å². The predicted octanol–water partition coefficient (Wildman–Crippen LogP) is 2.37. The summed E-state index contributed by atoms with van der Waals surface area (Å²) in [7, 11) is 0. The molecule has 0 N–H and O–H groups in total. The molecule has 3 heterocycles. The molecule has 2 aromatic heterocycles. The maximum Gasteiger partial charge on any atom is 0.451 e. The summed E-state index contributed by atoms with van der Waals surface area (Å²) in [6, 6.07) is 1.94. The lowest BCUT2D eigenvalue weighted by Crippen LogP contribution is -2.36. The molecule has 4 rings (SSSR count). The molecule has 2 aromatic rings. The molecule has 0 atom stereocenters. The zero-order valence-electron chi connectivity index (χ0n) is 12.3. The molecule has 1 aliphatic heterocycles. The fraction of sp³-hybridized carbons (Fsp3) is 0.571. The topological polar surface area (TPSA) is 59.7 Å². The second-order valence-corrected chi connectivity index (χ2v) is 5.94. The van der Waals surface area contributed by atoms with Crippen molar-refractivity contribution in [2.75, 3.05) is 11.4 Å². The van der Waals surface area contributed by atoms with Crippen molar-refractivity contribution in [2.24, 2.45) is 0 Å². The Morgan fingerprint density at radius 3 is 2.61 bits per heavy atom. The lowest BCUT2D eigenvalue weighted by Gasteiger charge is -2.30. The van der Waals surface area contributed by atoms with Crippen LogP contribution in [-0.4, -0.2) is 31.3 Å². The molecule has 0 unspecified atom stereocenters. The molecule has 0 spiro atoms. The van der Waals surface area contributed by atoms with Crippen molar-refractivity contribution in [3.05, 3.63) is 29.7 Å². The summed E-state index contributed by atoms with van der Waals surface area (Å²) in [4.78, 5) is 10.5. The number of fused-ring (bicyclic) bond motifs is 1. The highest BCUT2D eigenvalue weighted by Gasteiger charge is 2.39. The van der Waals surface area contributed by atoms with E-state index in [4.69, 9.17) is 0 Å². The largest absolute Gasteiger partial charge is 0.451 e. The first-order chi connectivity index (χ1) is 11.0. The van der Waals surface area contributed by atoms with Gasteiger partial charge in [-0.3, -0.25) is 0 Å². The number of hydrogen-bond acceptors (Lipinski definition) is 5. The van der Waals surface area contributed by atoms with E-state index in [0.29, 0.717) is 18.3 Å². The third kappa shape index (κ3) is 2.53. The van der Waals surface area contributed by atoms with E-state index in [2.05, 4.69) is 20.2 Å². The van der Waals surface area contributed by atoms with Gasteiger partial charge in [0.1, 0.15) is 12.1 Å². The molecule has 9 heteroatoms. The molecule has 6 nitrogen and oxygen atoms in total. The molecular formula is C14H15F3N6. The lowest BCUT2D eigenvalue weighted by molar-refractivity contribution is -0.147. The van der Waals surface area contributed by atoms with Gasteiger partial charge in [0.2, 0.25) is 5.82 Å². The molecule has 0 radical (unpaired) electrons. The fourth-order valence-corrected chi connectivity index (χ4v) is 3.02. The van der Waals surface area contributed by atoms with E-state index < -0.39 is 12.0 Å². The molecule has 1 saturated carbocycles. The smallest absolute Gasteiger partial charge is 0.347 e. The van der Waals surface area contributed by atoms with Crippen molar-refractivity contribution in [3.63, 3.8) is 0 Å². The van der Waals surface area contributed by atoms with Gasteiger partial charge in [-0.05, 0) is 12.8 Å². The second kappa shape index (κ2) is 5.17. The first-order valence-electron chi connectivity index (χ1n) is 7.58. The van der Waals surface area contributed by atoms with Crippen molar-refractivity contribution in [2.45, 2.75) is 44.4 Å². The van der Waals surface area contributed by atoms with Crippen LogP contribution in [0, 0.1) is 0 Å². The highest BCUT2D eigenvalue weighted by molar-refractivity contribution is 5.41. The van der Waals surface area contributed by atoms with Crippen LogP contribution in [0.3, 0.4) is 0 Å². The van der Waals surface area contributed by atoms with E-state index in [9.17, 15) is 13.2 Å². The van der Waals surface area contributed by atoms with Crippen LogP contribution in [0.25, 0.3) is 0 Å². The van der Waals surface area contributed by atoms with Crippen molar-refractivity contribution in [3.8, 4) is 0 Å². The standard InChI is InChI=1S/C14H15F3N6/c15-14(16,17)13-21-20-12-7-22(4-5-23(12)13)11-6-10(18-8-19-11)9-2-1-3-9/h6,8-9H,1-5,7H2. The first-order valence-corrected chi connectivity index (χ1v) is 7.58. The molecule has 122 valence electrons. The molecule has 0 saturated heterocycles. The quantitative estimate of drug-likeness (QED) is 0.849. The number of halogens is 3. The van der Waals surface area contributed by atoms with Gasteiger partial charge in [-0.25, -0.2) is 9.97 Å². The Morgan fingerprint density at radius 2 is 1.91 bits per heavy atom. The normalized spacial score (nSPS) is 18.7. The number of hydrogen-bond donors (Lipinski definition) is 0. The summed E-state index contributed by atoms with van der Waals surface area (Å²) in [5.74, 6) is 0.615. The summed E-state index contributed by atoms with van der Waals surface area (Å²) in [5.41, 5.74) is 1.02. The van der Waals surface area contributed by atoms with Crippen LogP contribution in [0.5, 0.6) is 0 Å². The van der Waals surface area contributed by atoms with Crippen molar-refractivity contribution >= 4 is 5.82 Å². The van der Waals surface area contributed by atoms with Gasteiger partial charge >= 0.3 is 6.18 Å². The van der Waals surface area contributed by atoms with Crippen molar-refractivity contribution < 1.29 is 13.2 Å². The Labute approximate surface area is 130 Å². The Morgan fingerprint density at radius 1 is 1.09 bits per heavy atom. The third-order valence-electron chi connectivity index (χ3n) is 4.53. The van der Waals surface area contributed by atoms with Crippen molar-refractivity contribution in [1.29, 1.82) is 0 Å². The van der Waals surface area contributed by atoms with Gasteiger partial charge in [0.15, 0.2) is 5.82 Å². The number of alkyl halides is 3. The molecule has 0 amide bonds. The lowest BCUT2D eigenvalue weighted by atomic mass is 9.83. The SMILES string of the molecule is FC(F)(F)c1nnc2n1CCN(c1cc(C3CCC3)ncn1)C2. The first kappa shape index (κ1) is 14.4. The van der Waals surface area contributed by atoms with Crippen LogP contribution in [-0.2, 0) is 19.3 Å². The Kier molecular flexibility index (Phi) is 3.24. The van der Waals surface area contributed by atoms with E-state index in [1.807, 2.05) is 11.0 Å². The minimum Gasteiger partial charge on any atom is -0.347 e. The molecule has 0 aromatic carbocycles.